The van der Waals surface area contributed by atoms with Crippen LogP contribution in [-0.4, -0.2) is 31.0 Å². The van der Waals surface area contributed by atoms with Crippen molar-refractivity contribution in [3.8, 4) is 17.8 Å². The number of nitrogens with one attached hydrogen (secondary N) is 1. The summed E-state index contributed by atoms with van der Waals surface area (Å²) in [6.07, 6.45) is 3.42. The molecule has 0 fully saturated rings. The molecule has 0 saturated carbocycles. The average molecular weight is 424 g/mol. The van der Waals surface area contributed by atoms with E-state index in [0.29, 0.717) is 17.0 Å². The van der Waals surface area contributed by atoms with E-state index in [0.717, 1.165) is 0 Å². The molecule has 32 heavy (non-hydrogen) atoms. The van der Waals surface area contributed by atoms with Crippen LogP contribution in [0.15, 0.2) is 47.5 Å². The highest BCUT2D eigenvalue weighted by Crippen LogP contribution is 2.19. The van der Waals surface area contributed by atoms with Gasteiger partial charge in [-0.05, 0) is 24.3 Å². The molecule has 0 amide bonds. The van der Waals surface area contributed by atoms with Gasteiger partial charge < -0.3 is 16.8 Å². The zero-order valence-corrected chi connectivity index (χ0v) is 16.6. The molecule has 0 aliphatic rings. The first kappa shape index (κ1) is 20.3. The fourth-order valence-electron chi connectivity index (χ4n) is 3.32. The van der Waals surface area contributed by atoms with Crippen molar-refractivity contribution >= 4 is 28.5 Å². The minimum Gasteiger partial charge on any atom is -0.382 e. The lowest BCUT2D eigenvalue weighted by molar-refractivity contribution is 0.806. The van der Waals surface area contributed by atoms with Gasteiger partial charge in [-0.1, -0.05) is 6.07 Å². The maximum atomic E-state index is 13.4. The number of anilines is 3. The molecule has 4 aromatic rings. The monoisotopic (exact) mass is 424 g/mol. The summed E-state index contributed by atoms with van der Waals surface area (Å²) in [7, 11) is 0. The summed E-state index contributed by atoms with van der Waals surface area (Å²) < 4.78 is 1.42. The number of aromatic nitrogens is 5. The molecule has 156 valence electrons. The lowest BCUT2D eigenvalue weighted by Gasteiger charge is -2.15. The zero-order valence-electron chi connectivity index (χ0n) is 16.6. The summed E-state index contributed by atoms with van der Waals surface area (Å²) in [4.78, 5) is 29.9. The summed E-state index contributed by atoms with van der Waals surface area (Å²) in [6, 6.07) is 12.4. The quantitative estimate of drug-likeness (QED) is 0.419. The molecule has 0 saturated heterocycles. The maximum Gasteiger partial charge on any atom is 0.267 e. The third-order valence-corrected chi connectivity index (χ3v) is 4.70. The third-order valence-electron chi connectivity index (χ3n) is 4.70. The summed E-state index contributed by atoms with van der Waals surface area (Å²) in [6.45, 7) is 0.265. The number of fused-ring (bicyclic) bond motifs is 1. The molecule has 0 aliphatic heterocycles. The van der Waals surface area contributed by atoms with E-state index >= 15 is 0 Å². The lowest BCUT2D eigenvalue weighted by Crippen LogP contribution is -2.26. The summed E-state index contributed by atoms with van der Waals surface area (Å²) in [5.41, 5.74) is 12.3. The van der Waals surface area contributed by atoms with E-state index in [2.05, 4.69) is 25.3 Å². The van der Waals surface area contributed by atoms with E-state index in [1.807, 2.05) is 12.1 Å². The highest BCUT2D eigenvalue weighted by molar-refractivity contribution is 5.84. The Balaban J connectivity index is 1.77. The maximum absolute atomic E-state index is 13.4. The second kappa shape index (κ2) is 8.38. The van der Waals surface area contributed by atoms with Crippen molar-refractivity contribution in [2.75, 3.05) is 23.3 Å². The SMILES string of the molecule is N#Cc1c(N)nc(N)nc1NCCc1nc2cccc(C#N)c2c(=O)n1-c1cccnc1. The van der Waals surface area contributed by atoms with Crippen LogP contribution in [0.1, 0.15) is 17.0 Å². The molecule has 4 rings (SSSR count). The number of nitrogens with two attached hydrogens (primary N) is 2. The summed E-state index contributed by atoms with van der Waals surface area (Å²) >= 11 is 0. The second-order valence-electron chi connectivity index (χ2n) is 6.67. The van der Waals surface area contributed by atoms with Gasteiger partial charge in [-0.25, -0.2) is 4.98 Å². The van der Waals surface area contributed by atoms with Crippen LogP contribution in [0.5, 0.6) is 0 Å². The molecule has 5 N–H and O–H groups in total. The second-order valence-corrected chi connectivity index (χ2v) is 6.67. The van der Waals surface area contributed by atoms with Crippen LogP contribution in [-0.2, 0) is 6.42 Å². The number of nitrogens with zero attached hydrogens (tertiary/aromatic N) is 7. The van der Waals surface area contributed by atoms with E-state index in [4.69, 9.17) is 11.5 Å². The van der Waals surface area contributed by atoms with Crippen LogP contribution in [0.2, 0.25) is 0 Å². The molecule has 0 aliphatic carbocycles. The van der Waals surface area contributed by atoms with Crippen molar-refractivity contribution in [2.24, 2.45) is 0 Å². The highest BCUT2D eigenvalue weighted by Gasteiger charge is 2.16. The van der Waals surface area contributed by atoms with E-state index in [1.165, 1.54) is 4.57 Å². The number of nitriles is 2. The number of hydrogen-bond acceptors (Lipinski definition) is 10. The van der Waals surface area contributed by atoms with Gasteiger partial charge in [0.1, 0.15) is 29.3 Å². The van der Waals surface area contributed by atoms with Crippen LogP contribution in [0.3, 0.4) is 0 Å². The predicted octanol–water partition coefficient (Wildman–Crippen LogP) is 1.13. The van der Waals surface area contributed by atoms with Gasteiger partial charge in [0.05, 0.1) is 28.4 Å². The molecule has 0 spiro atoms. The van der Waals surface area contributed by atoms with Gasteiger partial charge in [0.2, 0.25) is 5.95 Å². The first-order valence-electron chi connectivity index (χ1n) is 9.45. The number of hydrogen-bond donors (Lipinski definition) is 3. The third kappa shape index (κ3) is 3.62. The Labute approximate surface area is 181 Å². The fraction of sp³-hybridized carbons (Fsp3) is 0.0952. The van der Waals surface area contributed by atoms with Crippen molar-refractivity contribution in [2.45, 2.75) is 6.42 Å². The zero-order chi connectivity index (χ0) is 22.7. The Hall–Kier alpha value is -5.03. The highest BCUT2D eigenvalue weighted by atomic mass is 16.1. The summed E-state index contributed by atoms with van der Waals surface area (Å²) in [5.74, 6) is 0.540. The van der Waals surface area contributed by atoms with Crippen LogP contribution >= 0.6 is 0 Å². The van der Waals surface area contributed by atoms with Gasteiger partial charge in [-0.15, -0.1) is 0 Å². The van der Waals surface area contributed by atoms with Gasteiger partial charge in [0.25, 0.3) is 5.56 Å². The van der Waals surface area contributed by atoms with Gasteiger partial charge in [-0.2, -0.15) is 20.5 Å². The Morgan fingerprint density at radius 3 is 2.62 bits per heavy atom. The standard InChI is InChI=1S/C21H16N10O/c22-9-12-3-1-5-15-17(12)20(32)31(13-4-2-7-26-11-13)16(28-15)6-8-27-19-14(10-23)18(24)29-21(25)30-19/h1-5,7,11H,6,8H2,(H5,24,25,27,29,30). The molecular formula is C21H16N10O. The Bertz CT molecular complexity index is 1460. The molecule has 0 bridgehead atoms. The van der Waals surface area contributed by atoms with E-state index in [-0.39, 0.29) is 52.6 Å². The van der Waals surface area contributed by atoms with Crippen LogP contribution in [0.4, 0.5) is 17.6 Å². The number of rotatable bonds is 5. The smallest absolute Gasteiger partial charge is 0.267 e. The van der Waals surface area contributed by atoms with Crippen molar-refractivity contribution in [1.29, 1.82) is 10.5 Å². The molecule has 3 heterocycles. The molecule has 0 unspecified atom stereocenters. The molecule has 11 heteroatoms. The van der Waals surface area contributed by atoms with Crippen molar-refractivity contribution in [3.05, 3.63) is 70.0 Å². The van der Waals surface area contributed by atoms with Crippen molar-refractivity contribution < 1.29 is 0 Å². The van der Waals surface area contributed by atoms with Gasteiger partial charge >= 0.3 is 0 Å². The van der Waals surface area contributed by atoms with E-state index in [1.54, 1.807) is 42.7 Å². The Morgan fingerprint density at radius 2 is 1.91 bits per heavy atom. The molecular weight excluding hydrogens is 408 g/mol. The van der Waals surface area contributed by atoms with Gasteiger partial charge in [-0.3, -0.25) is 14.3 Å². The number of benzene rings is 1. The van der Waals surface area contributed by atoms with Crippen LogP contribution < -0.4 is 22.3 Å². The van der Waals surface area contributed by atoms with E-state index < -0.39 is 0 Å². The summed E-state index contributed by atoms with van der Waals surface area (Å²) in [5, 5.41) is 22.0. The van der Waals surface area contributed by atoms with Crippen LogP contribution in [0, 0.1) is 22.7 Å². The van der Waals surface area contributed by atoms with Crippen LogP contribution in [0.25, 0.3) is 16.6 Å². The van der Waals surface area contributed by atoms with Crippen molar-refractivity contribution in [3.63, 3.8) is 0 Å². The first-order chi connectivity index (χ1) is 15.5. The molecule has 1 aromatic carbocycles. The molecule has 0 radical (unpaired) electrons. The molecule has 11 nitrogen and oxygen atoms in total. The van der Waals surface area contributed by atoms with Gasteiger partial charge in [0.15, 0.2) is 5.82 Å². The molecule has 0 atom stereocenters. The lowest BCUT2D eigenvalue weighted by atomic mass is 10.1. The average Bonchev–Trinajstić information content (AvgIpc) is 2.79. The number of pyridine rings is 1. The van der Waals surface area contributed by atoms with Crippen molar-refractivity contribution in [1.82, 2.24) is 24.5 Å². The van der Waals surface area contributed by atoms with Gasteiger partial charge in [0, 0.05) is 19.2 Å². The Kier molecular flexibility index (Phi) is 5.30. The first-order valence-corrected chi connectivity index (χ1v) is 9.45. The molecule has 3 aromatic heterocycles. The Morgan fingerprint density at radius 1 is 1.06 bits per heavy atom. The largest absolute Gasteiger partial charge is 0.382 e. The predicted molar refractivity (Wildman–Crippen MR) is 118 cm³/mol. The fourth-order valence-corrected chi connectivity index (χ4v) is 3.32. The minimum absolute atomic E-state index is 0.0253. The van der Waals surface area contributed by atoms with E-state index in [9.17, 15) is 15.3 Å². The normalized spacial score (nSPS) is 10.4. The minimum atomic E-state index is -0.372. The topological polar surface area (TPSA) is 185 Å². The number of nitrogen functional groups attached to an aromatic ring is 2.